The monoisotopic (exact) mass is 295 g/mol. The van der Waals surface area contributed by atoms with Crippen LogP contribution in [0, 0.1) is 0 Å². The van der Waals surface area contributed by atoms with E-state index < -0.39 is 0 Å². The van der Waals surface area contributed by atoms with Crippen LogP contribution in [0.15, 0.2) is 0 Å². The van der Waals surface area contributed by atoms with E-state index in [2.05, 4.69) is 51.9 Å². The van der Waals surface area contributed by atoms with Gasteiger partial charge in [0.05, 0.1) is 5.69 Å². The molecule has 1 unspecified atom stereocenters. The minimum absolute atomic E-state index is 0.160. The van der Waals surface area contributed by atoms with Crippen LogP contribution in [0.2, 0.25) is 0 Å². The summed E-state index contributed by atoms with van der Waals surface area (Å²) < 4.78 is 0. The normalized spacial score (nSPS) is 17.3. The first kappa shape index (κ1) is 15.8. The number of hydrogen-bond acceptors (Lipinski definition) is 4. The van der Waals surface area contributed by atoms with Crippen LogP contribution in [0.4, 0.5) is 5.13 Å². The highest BCUT2D eigenvalue weighted by Crippen LogP contribution is 2.44. The van der Waals surface area contributed by atoms with E-state index in [1.807, 2.05) is 11.3 Å². The molecule has 2 rings (SSSR count). The average molecular weight is 295 g/mol. The van der Waals surface area contributed by atoms with E-state index in [4.69, 9.17) is 4.98 Å². The highest BCUT2D eigenvalue weighted by atomic mass is 32.1. The van der Waals surface area contributed by atoms with Crippen molar-refractivity contribution in [1.29, 1.82) is 0 Å². The minimum atomic E-state index is 0.160. The van der Waals surface area contributed by atoms with Crippen LogP contribution in [0.25, 0.3) is 0 Å². The largest absolute Gasteiger partial charge is 0.348 e. The molecule has 1 saturated carbocycles. The fraction of sp³-hybridized carbons (Fsp3) is 0.812. The molecule has 3 nitrogen and oxygen atoms in total. The molecule has 0 bridgehead atoms. The van der Waals surface area contributed by atoms with E-state index in [1.165, 1.54) is 28.5 Å². The molecule has 20 heavy (non-hydrogen) atoms. The van der Waals surface area contributed by atoms with Crippen LogP contribution in [-0.2, 0) is 6.54 Å². The Morgan fingerprint density at radius 2 is 2.05 bits per heavy atom. The van der Waals surface area contributed by atoms with Gasteiger partial charge >= 0.3 is 0 Å². The molecule has 0 aromatic carbocycles. The molecular formula is C16H29N3S. The van der Waals surface area contributed by atoms with E-state index in [9.17, 15) is 0 Å². The zero-order chi connectivity index (χ0) is 14.9. The first-order valence-corrected chi connectivity index (χ1v) is 8.61. The Morgan fingerprint density at radius 3 is 2.55 bits per heavy atom. The van der Waals surface area contributed by atoms with Crippen molar-refractivity contribution >= 4 is 16.5 Å². The van der Waals surface area contributed by atoms with Crippen LogP contribution >= 0.6 is 11.3 Å². The summed E-state index contributed by atoms with van der Waals surface area (Å²) in [6, 6.07) is 0.552. The number of thiazole rings is 1. The Labute approximate surface area is 127 Å². The first-order valence-electron chi connectivity index (χ1n) is 7.79. The molecule has 1 atom stereocenters. The van der Waals surface area contributed by atoms with Crippen LogP contribution in [-0.4, -0.2) is 23.6 Å². The summed E-state index contributed by atoms with van der Waals surface area (Å²) in [5.41, 5.74) is 1.52. The summed E-state index contributed by atoms with van der Waals surface area (Å²) >= 11 is 1.87. The second-order valence-corrected chi connectivity index (χ2v) is 8.11. The lowest BCUT2D eigenvalue weighted by Crippen LogP contribution is -2.35. The summed E-state index contributed by atoms with van der Waals surface area (Å²) in [5.74, 6) is 0.724. The maximum Gasteiger partial charge on any atom is 0.185 e. The Balaban J connectivity index is 2.15. The highest BCUT2D eigenvalue weighted by molar-refractivity contribution is 7.15. The predicted molar refractivity (Wildman–Crippen MR) is 88.8 cm³/mol. The number of hydrogen-bond donors (Lipinski definition) is 1. The third-order valence-electron chi connectivity index (χ3n) is 4.01. The number of aromatic nitrogens is 1. The standard InChI is InChI=1S/C16H29N3S/c1-7-11(2)19(6)15-18-14(12-8-9-12)13(20-15)10-17-16(3,4)5/h11-12,17H,7-10H2,1-6H3. The maximum atomic E-state index is 4.95. The molecule has 1 fully saturated rings. The van der Waals surface area contributed by atoms with Crippen molar-refractivity contribution in [3.05, 3.63) is 10.6 Å². The minimum Gasteiger partial charge on any atom is -0.348 e. The van der Waals surface area contributed by atoms with Crippen molar-refractivity contribution in [3.63, 3.8) is 0 Å². The van der Waals surface area contributed by atoms with Crippen LogP contribution in [0.3, 0.4) is 0 Å². The average Bonchev–Trinajstić information content (AvgIpc) is 3.14. The zero-order valence-corrected chi connectivity index (χ0v) is 14.6. The predicted octanol–water partition coefficient (Wildman–Crippen LogP) is 4.14. The van der Waals surface area contributed by atoms with E-state index in [1.54, 1.807) is 0 Å². The molecule has 1 heterocycles. The van der Waals surface area contributed by atoms with Gasteiger partial charge in [-0.05, 0) is 47.0 Å². The molecule has 0 spiro atoms. The molecule has 1 aromatic heterocycles. The van der Waals surface area contributed by atoms with Gasteiger partial charge in [0.1, 0.15) is 0 Å². The van der Waals surface area contributed by atoms with Crippen LogP contribution < -0.4 is 10.2 Å². The Hall–Kier alpha value is -0.610. The summed E-state index contributed by atoms with van der Waals surface area (Å²) in [6.45, 7) is 12.1. The molecule has 0 saturated heterocycles. The van der Waals surface area contributed by atoms with E-state index in [0.29, 0.717) is 6.04 Å². The molecule has 114 valence electrons. The molecule has 1 aliphatic rings. The summed E-state index contributed by atoms with van der Waals surface area (Å²) in [4.78, 5) is 8.71. The fourth-order valence-electron chi connectivity index (χ4n) is 2.11. The summed E-state index contributed by atoms with van der Waals surface area (Å²) in [6.07, 6.45) is 3.79. The smallest absolute Gasteiger partial charge is 0.185 e. The van der Waals surface area contributed by atoms with Gasteiger partial charge in [0.15, 0.2) is 5.13 Å². The lowest BCUT2D eigenvalue weighted by atomic mass is 10.1. The molecule has 1 aliphatic carbocycles. The van der Waals surface area contributed by atoms with E-state index in [-0.39, 0.29) is 5.54 Å². The van der Waals surface area contributed by atoms with Crippen molar-refractivity contribution in [2.45, 2.75) is 77.9 Å². The van der Waals surface area contributed by atoms with Crippen LogP contribution in [0.1, 0.15) is 70.4 Å². The number of nitrogens with zero attached hydrogens (tertiary/aromatic N) is 2. The van der Waals surface area contributed by atoms with Crippen molar-refractivity contribution in [1.82, 2.24) is 10.3 Å². The first-order chi connectivity index (χ1) is 9.31. The Morgan fingerprint density at radius 1 is 1.40 bits per heavy atom. The number of anilines is 1. The molecule has 0 radical (unpaired) electrons. The van der Waals surface area contributed by atoms with Crippen molar-refractivity contribution in [3.8, 4) is 0 Å². The third-order valence-corrected chi connectivity index (χ3v) is 5.18. The lowest BCUT2D eigenvalue weighted by Gasteiger charge is -2.22. The van der Waals surface area contributed by atoms with Gasteiger partial charge in [-0.3, -0.25) is 0 Å². The molecule has 4 heteroatoms. The van der Waals surface area contributed by atoms with E-state index in [0.717, 1.165) is 18.9 Å². The van der Waals surface area contributed by atoms with Gasteiger partial charge in [0.2, 0.25) is 0 Å². The fourth-order valence-corrected chi connectivity index (χ4v) is 3.26. The quantitative estimate of drug-likeness (QED) is 0.855. The highest BCUT2D eigenvalue weighted by Gasteiger charge is 2.30. The van der Waals surface area contributed by atoms with Gasteiger partial charge in [-0.25, -0.2) is 4.98 Å². The number of nitrogens with one attached hydrogen (secondary N) is 1. The van der Waals surface area contributed by atoms with Gasteiger partial charge in [0.25, 0.3) is 0 Å². The SMILES string of the molecule is CCC(C)N(C)c1nc(C2CC2)c(CNC(C)(C)C)s1. The van der Waals surface area contributed by atoms with Crippen LogP contribution in [0.5, 0.6) is 0 Å². The number of rotatable bonds is 6. The second kappa shape index (κ2) is 6.02. The second-order valence-electron chi connectivity index (χ2n) is 7.05. The molecule has 1 N–H and O–H groups in total. The van der Waals surface area contributed by atoms with Crippen molar-refractivity contribution in [2.24, 2.45) is 0 Å². The topological polar surface area (TPSA) is 28.2 Å². The molecule has 1 aromatic rings. The van der Waals surface area contributed by atoms with Crippen molar-refractivity contribution < 1.29 is 0 Å². The van der Waals surface area contributed by atoms with Crippen molar-refractivity contribution in [2.75, 3.05) is 11.9 Å². The van der Waals surface area contributed by atoms with Gasteiger partial charge in [-0.1, -0.05) is 6.92 Å². The van der Waals surface area contributed by atoms with Gasteiger partial charge < -0.3 is 10.2 Å². The maximum absolute atomic E-state index is 4.95. The van der Waals surface area contributed by atoms with Gasteiger partial charge in [0, 0.05) is 36.0 Å². The summed E-state index contributed by atoms with van der Waals surface area (Å²) in [5, 5.41) is 4.80. The molecule has 0 aliphatic heterocycles. The molecule has 0 amide bonds. The van der Waals surface area contributed by atoms with Gasteiger partial charge in [-0.15, -0.1) is 11.3 Å². The molecular weight excluding hydrogens is 266 g/mol. The van der Waals surface area contributed by atoms with Gasteiger partial charge in [-0.2, -0.15) is 0 Å². The lowest BCUT2D eigenvalue weighted by molar-refractivity contribution is 0.425. The Kier molecular flexibility index (Phi) is 4.75. The summed E-state index contributed by atoms with van der Waals surface area (Å²) in [7, 11) is 2.17. The zero-order valence-electron chi connectivity index (χ0n) is 13.8. The van der Waals surface area contributed by atoms with E-state index >= 15 is 0 Å². The Bertz CT molecular complexity index is 443. The third kappa shape index (κ3) is 3.95.